The van der Waals surface area contributed by atoms with Crippen LogP contribution in [-0.2, 0) is 4.79 Å². The first-order valence-corrected chi connectivity index (χ1v) is 4.10. The third-order valence-corrected chi connectivity index (χ3v) is 1.89. The molecule has 0 radical (unpaired) electrons. The minimum Gasteiger partial charge on any atom is -0.309 e. The van der Waals surface area contributed by atoms with Gasteiger partial charge in [0.25, 0.3) is 0 Å². The molecule has 2 nitrogen and oxygen atoms in total. The number of carbonyl (C=O) groups is 1. The number of hydrogen-bond acceptors (Lipinski definition) is 2. The number of ketones is 1. The average Bonchev–Trinajstić information content (AvgIpc) is 1.81. The van der Waals surface area contributed by atoms with E-state index in [9.17, 15) is 4.79 Å². The van der Waals surface area contributed by atoms with Crippen molar-refractivity contribution in [2.45, 2.75) is 20.8 Å². The first-order valence-electron chi connectivity index (χ1n) is 4.10. The molecule has 1 atom stereocenters. The van der Waals surface area contributed by atoms with E-state index in [0.717, 1.165) is 6.54 Å². The van der Waals surface area contributed by atoms with E-state index in [1.807, 2.05) is 14.1 Å². The normalized spacial score (nSPS) is 12.9. The molecule has 0 aromatic heterocycles. The Labute approximate surface area is 81.7 Å². The number of nitrogens with zero attached hydrogens (tertiary/aromatic N) is 1. The fourth-order valence-electron chi connectivity index (χ4n) is 1.20. The molecule has 12 heavy (non-hydrogen) atoms. The third kappa shape index (κ3) is 5.56. The molecule has 0 spiro atoms. The molecule has 3 heteroatoms. The predicted octanol–water partition coefficient (Wildman–Crippen LogP) is 1.83. The van der Waals surface area contributed by atoms with E-state index in [4.69, 9.17) is 0 Å². The minimum absolute atomic E-state index is 0. The Bertz CT molecular complexity index is 134. The summed E-state index contributed by atoms with van der Waals surface area (Å²) in [6.45, 7) is 6.73. The summed E-state index contributed by atoms with van der Waals surface area (Å²) < 4.78 is 0. The van der Waals surface area contributed by atoms with Gasteiger partial charge in [0.05, 0.1) is 0 Å². The summed E-state index contributed by atoms with van der Waals surface area (Å²) in [6, 6.07) is 0. The zero-order valence-corrected chi connectivity index (χ0v) is 9.44. The van der Waals surface area contributed by atoms with Gasteiger partial charge in [0.1, 0.15) is 5.78 Å². The van der Waals surface area contributed by atoms with Gasteiger partial charge in [-0.05, 0) is 26.9 Å². The van der Waals surface area contributed by atoms with E-state index >= 15 is 0 Å². The molecule has 0 rings (SSSR count). The highest BCUT2D eigenvalue weighted by Gasteiger charge is 2.18. The first kappa shape index (κ1) is 14.4. The highest BCUT2D eigenvalue weighted by molar-refractivity contribution is 5.85. The van der Waals surface area contributed by atoms with E-state index in [0.29, 0.717) is 11.7 Å². The van der Waals surface area contributed by atoms with Gasteiger partial charge >= 0.3 is 0 Å². The number of rotatable bonds is 4. The fraction of sp³-hybridized carbons (Fsp3) is 0.889. The van der Waals surface area contributed by atoms with Gasteiger partial charge in [0, 0.05) is 12.5 Å². The highest BCUT2D eigenvalue weighted by Crippen LogP contribution is 2.12. The lowest BCUT2D eigenvalue weighted by atomic mass is 9.92. The van der Waals surface area contributed by atoms with Crippen molar-refractivity contribution in [2.24, 2.45) is 11.8 Å². The molecule has 0 aromatic rings. The summed E-state index contributed by atoms with van der Waals surface area (Å²) in [5, 5.41) is 0. The average molecular weight is 194 g/mol. The van der Waals surface area contributed by atoms with Crippen LogP contribution >= 0.6 is 12.4 Å². The number of halogens is 1. The van der Waals surface area contributed by atoms with Crippen LogP contribution in [0, 0.1) is 11.8 Å². The van der Waals surface area contributed by atoms with Gasteiger partial charge in [0.2, 0.25) is 0 Å². The third-order valence-electron chi connectivity index (χ3n) is 1.89. The lowest BCUT2D eigenvalue weighted by molar-refractivity contribution is -0.122. The van der Waals surface area contributed by atoms with Crippen LogP contribution in [0.15, 0.2) is 0 Å². The molecular formula is C9H20ClNO. The van der Waals surface area contributed by atoms with Crippen LogP contribution in [0.2, 0.25) is 0 Å². The minimum atomic E-state index is 0. The summed E-state index contributed by atoms with van der Waals surface area (Å²) in [7, 11) is 4.00. The smallest absolute Gasteiger partial charge is 0.134 e. The van der Waals surface area contributed by atoms with Crippen molar-refractivity contribution in [3.05, 3.63) is 0 Å². The molecule has 0 saturated heterocycles. The zero-order chi connectivity index (χ0) is 9.02. The molecule has 0 amide bonds. The van der Waals surface area contributed by atoms with Gasteiger partial charge < -0.3 is 4.90 Å². The van der Waals surface area contributed by atoms with E-state index in [1.165, 1.54) is 0 Å². The Kier molecular flexibility index (Phi) is 7.75. The predicted molar refractivity (Wildman–Crippen MR) is 54.8 cm³/mol. The zero-order valence-electron chi connectivity index (χ0n) is 8.63. The maximum Gasteiger partial charge on any atom is 0.134 e. The second-order valence-corrected chi connectivity index (χ2v) is 3.72. The second-order valence-electron chi connectivity index (χ2n) is 3.72. The summed E-state index contributed by atoms with van der Waals surface area (Å²) in [4.78, 5) is 13.2. The van der Waals surface area contributed by atoms with Crippen LogP contribution in [0.1, 0.15) is 20.8 Å². The molecule has 0 aliphatic heterocycles. The Balaban J connectivity index is 0. The summed E-state index contributed by atoms with van der Waals surface area (Å²) in [6.07, 6.45) is 0. The highest BCUT2D eigenvalue weighted by atomic mass is 35.5. The quantitative estimate of drug-likeness (QED) is 0.679. The number of Topliss-reactive ketones (excluding diaryl/α,β-unsaturated/α-hetero) is 1. The van der Waals surface area contributed by atoms with Crippen molar-refractivity contribution in [1.82, 2.24) is 4.90 Å². The van der Waals surface area contributed by atoms with Crippen LogP contribution in [0.5, 0.6) is 0 Å². The monoisotopic (exact) mass is 193 g/mol. The molecule has 0 N–H and O–H groups in total. The molecule has 1 unspecified atom stereocenters. The lowest BCUT2D eigenvalue weighted by Gasteiger charge is -2.21. The van der Waals surface area contributed by atoms with E-state index < -0.39 is 0 Å². The van der Waals surface area contributed by atoms with Gasteiger partial charge in [-0.25, -0.2) is 0 Å². The van der Waals surface area contributed by atoms with E-state index in [-0.39, 0.29) is 18.3 Å². The summed E-state index contributed by atoms with van der Waals surface area (Å²) in [5.74, 6) is 0.952. The number of hydrogen-bond donors (Lipinski definition) is 0. The van der Waals surface area contributed by atoms with E-state index in [2.05, 4.69) is 18.7 Å². The Morgan fingerprint density at radius 2 is 1.75 bits per heavy atom. The molecule has 0 bridgehead atoms. The number of carbonyl (C=O) groups excluding carboxylic acids is 1. The van der Waals surface area contributed by atoms with Gasteiger partial charge in [0.15, 0.2) is 0 Å². The maximum absolute atomic E-state index is 11.1. The molecule has 0 aromatic carbocycles. The summed E-state index contributed by atoms with van der Waals surface area (Å²) >= 11 is 0. The molecular weight excluding hydrogens is 174 g/mol. The molecule has 0 saturated carbocycles. The van der Waals surface area contributed by atoms with Crippen molar-refractivity contribution in [2.75, 3.05) is 20.6 Å². The molecule has 74 valence electrons. The second kappa shape index (κ2) is 6.44. The van der Waals surface area contributed by atoms with Gasteiger partial charge in [-0.15, -0.1) is 12.4 Å². The van der Waals surface area contributed by atoms with E-state index in [1.54, 1.807) is 6.92 Å². The van der Waals surface area contributed by atoms with Crippen LogP contribution in [0.25, 0.3) is 0 Å². The molecule has 0 aliphatic carbocycles. The Morgan fingerprint density at radius 3 is 1.83 bits per heavy atom. The van der Waals surface area contributed by atoms with Gasteiger partial charge in [-0.3, -0.25) is 4.79 Å². The molecule has 0 heterocycles. The fourth-order valence-corrected chi connectivity index (χ4v) is 1.20. The van der Waals surface area contributed by atoms with Gasteiger partial charge in [-0.1, -0.05) is 13.8 Å². The summed E-state index contributed by atoms with van der Waals surface area (Å²) in [5.41, 5.74) is 0. The molecule has 0 fully saturated rings. The van der Waals surface area contributed by atoms with Gasteiger partial charge in [-0.2, -0.15) is 0 Å². The lowest BCUT2D eigenvalue weighted by Crippen LogP contribution is -2.30. The topological polar surface area (TPSA) is 20.3 Å². The van der Waals surface area contributed by atoms with Crippen molar-refractivity contribution in [1.29, 1.82) is 0 Å². The van der Waals surface area contributed by atoms with Crippen LogP contribution in [-0.4, -0.2) is 31.3 Å². The standard InChI is InChI=1S/C9H19NO.ClH/c1-7(2)9(8(3)11)6-10(4)5;/h7,9H,6H2,1-5H3;1H. The van der Waals surface area contributed by atoms with Crippen molar-refractivity contribution >= 4 is 18.2 Å². The van der Waals surface area contributed by atoms with Crippen molar-refractivity contribution in [3.8, 4) is 0 Å². The van der Waals surface area contributed by atoms with Crippen LogP contribution in [0.3, 0.4) is 0 Å². The van der Waals surface area contributed by atoms with Crippen LogP contribution < -0.4 is 0 Å². The Hall–Kier alpha value is -0.0800. The largest absolute Gasteiger partial charge is 0.309 e. The first-order chi connectivity index (χ1) is 4.95. The van der Waals surface area contributed by atoms with Crippen molar-refractivity contribution < 1.29 is 4.79 Å². The van der Waals surface area contributed by atoms with Crippen molar-refractivity contribution in [3.63, 3.8) is 0 Å². The molecule has 0 aliphatic rings. The SMILES string of the molecule is CC(=O)C(CN(C)C)C(C)C.Cl. The van der Waals surface area contributed by atoms with Crippen LogP contribution in [0.4, 0.5) is 0 Å². The Morgan fingerprint density at radius 1 is 1.33 bits per heavy atom. The maximum atomic E-state index is 11.1.